The predicted octanol–water partition coefficient (Wildman–Crippen LogP) is -2.30. The molecular weight excluding hydrogens is 212 g/mol. The van der Waals surface area contributed by atoms with Gasteiger partial charge in [-0.25, -0.2) is 9.97 Å². The summed E-state index contributed by atoms with van der Waals surface area (Å²) in [6.45, 7) is 0. The van der Waals surface area contributed by atoms with Crippen LogP contribution in [0.1, 0.15) is 11.4 Å². The van der Waals surface area contributed by atoms with E-state index in [1.165, 1.54) is 0 Å². The van der Waals surface area contributed by atoms with E-state index in [-0.39, 0.29) is 35.9 Å². The van der Waals surface area contributed by atoms with Crippen LogP contribution in [0, 0.1) is 0 Å². The summed E-state index contributed by atoms with van der Waals surface area (Å²) in [6.07, 6.45) is -0.306. The summed E-state index contributed by atoms with van der Waals surface area (Å²) in [5.74, 6) is -1.15. The van der Waals surface area contributed by atoms with E-state index in [9.17, 15) is 9.59 Å². The SMILES string of the molecule is NC(=O)Cc1nc(N)c(CC(N)=O)nc1N. The summed E-state index contributed by atoms with van der Waals surface area (Å²) in [5, 5.41) is 0. The Kier molecular flexibility index (Phi) is 3.24. The molecule has 0 saturated heterocycles. The Morgan fingerprint density at radius 3 is 1.44 bits per heavy atom. The van der Waals surface area contributed by atoms with Crippen molar-refractivity contribution in [3.05, 3.63) is 11.4 Å². The highest BCUT2D eigenvalue weighted by atomic mass is 16.1. The van der Waals surface area contributed by atoms with Crippen LogP contribution in [0.15, 0.2) is 0 Å². The van der Waals surface area contributed by atoms with Gasteiger partial charge in [0.1, 0.15) is 11.6 Å². The number of hydrogen-bond donors (Lipinski definition) is 4. The van der Waals surface area contributed by atoms with Gasteiger partial charge in [0.05, 0.1) is 24.2 Å². The van der Waals surface area contributed by atoms with E-state index in [0.29, 0.717) is 0 Å². The number of anilines is 2. The third kappa shape index (κ3) is 2.80. The van der Waals surface area contributed by atoms with Crippen LogP contribution < -0.4 is 22.9 Å². The van der Waals surface area contributed by atoms with Gasteiger partial charge in [0.15, 0.2) is 0 Å². The van der Waals surface area contributed by atoms with Crippen molar-refractivity contribution in [1.29, 1.82) is 0 Å². The largest absolute Gasteiger partial charge is 0.382 e. The molecule has 0 saturated carbocycles. The van der Waals surface area contributed by atoms with Crippen LogP contribution in [0.25, 0.3) is 0 Å². The molecule has 1 heterocycles. The molecule has 8 heteroatoms. The van der Waals surface area contributed by atoms with E-state index in [1.54, 1.807) is 0 Å². The molecule has 0 aliphatic rings. The summed E-state index contributed by atoms with van der Waals surface area (Å²) in [5.41, 5.74) is 21.4. The number of aromatic nitrogens is 2. The number of carbonyl (C=O) groups is 2. The van der Waals surface area contributed by atoms with Crippen molar-refractivity contribution < 1.29 is 9.59 Å². The maximum absolute atomic E-state index is 10.7. The van der Waals surface area contributed by atoms with Crippen molar-refractivity contribution in [1.82, 2.24) is 9.97 Å². The third-order valence-corrected chi connectivity index (χ3v) is 1.79. The van der Waals surface area contributed by atoms with E-state index in [4.69, 9.17) is 22.9 Å². The van der Waals surface area contributed by atoms with E-state index < -0.39 is 11.8 Å². The maximum Gasteiger partial charge on any atom is 0.223 e. The monoisotopic (exact) mass is 224 g/mol. The fraction of sp³-hybridized carbons (Fsp3) is 0.250. The van der Waals surface area contributed by atoms with Gasteiger partial charge in [-0.3, -0.25) is 9.59 Å². The predicted molar refractivity (Wildman–Crippen MR) is 56.7 cm³/mol. The molecule has 1 aromatic rings. The van der Waals surface area contributed by atoms with Gasteiger partial charge in [-0.1, -0.05) is 0 Å². The van der Waals surface area contributed by atoms with E-state index in [0.717, 1.165) is 0 Å². The lowest BCUT2D eigenvalue weighted by molar-refractivity contribution is -0.118. The van der Waals surface area contributed by atoms with Crippen molar-refractivity contribution in [3.63, 3.8) is 0 Å². The highest BCUT2D eigenvalue weighted by Gasteiger charge is 2.12. The lowest BCUT2D eigenvalue weighted by Crippen LogP contribution is -2.20. The molecular formula is C8H12N6O2. The van der Waals surface area contributed by atoms with Gasteiger partial charge < -0.3 is 22.9 Å². The van der Waals surface area contributed by atoms with Crippen molar-refractivity contribution in [2.75, 3.05) is 11.5 Å². The molecule has 0 aliphatic carbocycles. The van der Waals surface area contributed by atoms with Crippen LogP contribution in [0.2, 0.25) is 0 Å². The van der Waals surface area contributed by atoms with E-state index in [1.807, 2.05) is 0 Å². The first-order valence-electron chi connectivity index (χ1n) is 4.37. The van der Waals surface area contributed by atoms with Gasteiger partial charge in [-0.05, 0) is 0 Å². The summed E-state index contributed by atoms with van der Waals surface area (Å²) >= 11 is 0. The number of hydrogen-bond acceptors (Lipinski definition) is 6. The molecule has 8 nitrogen and oxygen atoms in total. The molecule has 2 amide bonds. The van der Waals surface area contributed by atoms with Gasteiger partial charge >= 0.3 is 0 Å². The Bertz CT molecular complexity index is 403. The second-order valence-electron chi connectivity index (χ2n) is 3.17. The zero-order valence-corrected chi connectivity index (χ0v) is 8.43. The Morgan fingerprint density at radius 2 is 1.19 bits per heavy atom. The zero-order valence-electron chi connectivity index (χ0n) is 8.43. The smallest absolute Gasteiger partial charge is 0.223 e. The molecule has 0 radical (unpaired) electrons. The minimum absolute atomic E-state index is 0.0178. The summed E-state index contributed by atoms with van der Waals surface area (Å²) in [6, 6.07) is 0. The third-order valence-electron chi connectivity index (χ3n) is 1.79. The molecule has 1 rings (SSSR count). The summed E-state index contributed by atoms with van der Waals surface area (Å²) < 4.78 is 0. The fourth-order valence-corrected chi connectivity index (χ4v) is 1.12. The minimum atomic E-state index is -0.594. The molecule has 1 aromatic heterocycles. The standard InChI is InChI=1S/C8H12N6O2/c9-5(15)1-3-7(11)14-4(2-6(10)16)8(12)13-3/h1-2H2,(H2,9,15)(H2,10,16)(H2,12,13)(H2,11,14). The van der Waals surface area contributed by atoms with Crippen LogP contribution in [-0.2, 0) is 22.4 Å². The number of carbonyl (C=O) groups excluding carboxylic acids is 2. The molecule has 0 unspecified atom stereocenters. The van der Waals surface area contributed by atoms with Crippen molar-refractivity contribution >= 4 is 23.5 Å². The average Bonchev–Trinajstić information content (AvgIpc) is 2.11. The van der Waals surface area contributed by atoms with Crippen molar-refractivity contribution in [2.45, 2.75) is 12.8 Å². The fourth-order valence-electron chi connectivity index (χ4n) is 1.12. The molecule has 0 fully saturated rings. The molecule has 86 valence electrons. The Balaban J connectivity index is 3.06. The number of primary amides is 2. The molecule has 16 heavy (non-hydrogen) atoms. The van der Waals surface area contributed by atoms with E-state index >= 15 is 0 Å². The van der Waals surface area contributed by atoms with Gasteiger partial charge in [-0.2, -0.15) is 0 Å². The normalized spacial score (nSPS) is 10.0. The molecule has 0 aromatic carbocycles. The lowest BCUT2D eigenvalue weighted by Gasteiger charge is -2.07. The average molecular weight is 224 g/mol. The lowest BCUT2D eigenvalue weighted by atomic mass is 10.2. The van der Waals surface area contributed by atoms with Gasteiger partial charge in [0.2, 0.25) is 11.8 Å². The maximum atomic E-state index is 10.7. The van der Waals surface area contributed by atoms with Gasteiger partial charge in [0.25, 0.3) is 0 Å². The Labute approximate surface area is 91.0 Å². The topological polar surface area (TPSA) is 164 Å². The number of rotatable bonds is 4. The number of nitrogen functional groups attached to an aromatic ring is 2. The number of nitrogens with two attached hydrogens (primary N) is 4. The molecule has 0 aliphatic heterocycles. The molecule has 0 atom stereocenters. The van der Waals surface area contributed by atoms with Crippen molar-refractivity contribution in [3.8, 4) is 0 Å². The highest BCUT2D eigenvalue weighted by molar-refractivity contribution is 5.79. The number of amides is 2. The summed E-state index contributed by atoms with van der Waals surface area (Å²) in [7, 11) is 0. The van der Waals surface area contributed by atoms with Gasteiger partial charge in [-0.15, -0.1) is 0 Å². The first-order chi connectivity index (χ1) is 7.40. The van der Waals surface area contributed by atoms with Crippen LogP contribution in [0.4, 0.5) is 11.6 Å². The van der Waals surface area contributed by atoms with Crippen LogP contribution in [0.3, 0.4) is 0 Å². The first kappa shape index (κ1) is 11.7. The summed E-state index contributed by atoms with van der Waals surface area (Å²) in [4.78, 5) is 29.1. The van der Waals surface area contributed by atoms with Crippen molar-refractivity contribution in [2.24, 2.45) is 11.5 Å². The molecule has 8 N–H and O–H groups in total. The van der Waals surface area contributed by atoms with E-state index in [2.05, 4.69) is 9.97 Å². The van der Waals surface area contributed by atoms with Crippen LogP contribution in [-0.4, -0.2) is 21.8 Å². The van der Waals surface area contributed by atoms with Crippen LogP contribution in [0.5, 0.6) is 0 Å². The Morgan fingerprint density at radius 1 is 0.875 bits per heavy atom. The second-order valence-corrected chi connectivity index (χ2v) is 3.17. The first-order valence-corrected chi connectivity index (χ1v) is 4.37. The van der Waals surface area contributed by atoms with Crippen LogP contribution >= 0.6 is 0 Å². The minimum Gasteiger partial charge on any atom is -0.382 e. The molecule has 0 spiro atoms. The highest BCUT2D eigenvalue weighted by Crippen LogP contribution is 2.13. The molecule has 0 bridgehead atoms. The van der Waals surface area contributed by atoms with Gasteiger partial charge in [0, 0.05) is 0 Å². The quantitative estimate of drug-likeness (QED) is 0.449. The second kappa shape index (κ2) is 4.43. The Hall–Kier alpha value is -2.38. The number of nitrogens with zero attached hydrogens (tertiary/aromatic N) is 2. The zero-order chi connectivity index (χ0) is 12.3.